The first-order chi connectivity index (χ1) is 6.90. The van der Waals surface area contributed by atoms with Gasteiger partial charge in [0, 0.05) is 18.0 Å². The molecule has 0 aromatic heterocycles. The Morgan fingerprint density at radius 1 is 1.07 bits per heavy atom. The fourth-order valence-electron chi connectivity index (χ4n) is 1.31. The summed E-state index contributed by atoms with van der Waals surface area (Å²) in [5, 5.41) is 0. The average molecular weight is 188 g/mol. The van der Waals surface area contributed by atoms with Gasteiger partial charge in [-0.05, 0) is 23.8 Å². The van der Waals surface area contributed by atoms with Crippen LogP contribution in [-0.2, 0) is 0 Å². The monoisotopic (exact) mass is 188 g/mol. The van der Waals surface area contributed by atoms with Crippen LogP contribution in [0.5, 0.6) is 5.75 Å². The molecule has 3 nitrogen and oxygen atoms in total. The number of hydrogen-bond acceptors (Lipinski definition) is 3. The average Bonchev–Trinajstić information content (AvgIpc) is 2.30. The number of hydrogen-bond donors (Lipinski definition) is 2. The van der Waals surface area contributed by atoms with Crippen molar-refractivity contribution in [3.63, 3.8) is 0 Å². The van der Waals surface area contributed by atoms with E-state index in [0.29, 0.717) is 0 Å². The molecule has 1 aromatic carbocycles. The van der Waals surface area contributed by atoms with Crippen LogP contribution in [-0.4, -0.2) is 7.11 Å². The van der Waals surface area contributed by atoms with Gasteiger partial charge < -0.3 is 15.6 Å². The van der Waals surface area contributed by atoms with Crippen molar-refractivity contribution in [1.82, 2.24) is 10.9 Å². The van der Waals surface area contributed by atoms with Crippen LogP contribution in [0.2, 0.25) is 0 Å². The summed E-state index contributed by atoms with van der Waals surface area (Å²) in [7, 11) is 1.67. The van der Waals surface area contributed by atoms with Crippen LogP contribution in [0.15, 0.2) is 42.7 Å². The molecule has 3 heteroatoms. The van der Waals surface area contributed by atoms with E-state index in [2.05, 4.69) is 10.9 Å². The third-order valence-corrected chi connectivity index (χ3v) is 2.08. The van der Waals surface area contributed by atoms with Crippen molar-refractivity contribution >= 4 is 5.57 Å². The lowest BCUT2D eigenvalue weighted by Gasteiger charge is -2.10. The molecule has 2 rings (SSSR count). The highest BCUT2D eigenvalue weighted by Crippen LogP contribution is 2.19. The van der Waals surface area contributed by atoms with Crippen LogP contribution >= 0.6 is 0 Å². The number of benzene rings is 1. The van der Waals surface area contributed by atoms with E-state index in [0.717, 1.165) is 16.9 Å². The Morgan fingerprint density at radius 2 is 1.86 bits per heavy atom. The molecule has 0 atom stereocenters. The molecule has 0 fully saturated rings. The number of allylic oxidation sites excluding steroid dienone is 2. The van der Waals surface area contributed by atoms with Gasteiger partial charge in [-0.3, -0.25) is 0 Å². The maximum Gasteiger partial charge on any atom is 0.118 e. The fourth-order valence-corrected chi connectivity index (χ4v) is 1.31. The molecule has 1 aromatic rings. The van der Waals surface area contributed by atoms with E-state index in [1.54, 1.807) is 7.11 Å². The third-order valence-electron chi connectivity index (χ3n) is 2.08. The summed E-state index contributed by atoms with van der Waals surface area (Å²) in [5.74, 6) is 0.875. The summed E-state index contributed by atoms with van der Waals surface area (Å²) in [6.07, 6.45) is 5.79. The zero-order valence-electron chi connectivity index (χ0n) is 7.95. The first-order valence-corrected chi connectivity index (χ1v) is 4.42. The van der Waals surface area contributed by atoms with Gasteiger partial charge in [-0.25, -0.2) is 0 Å². The predicted octanol–water partition coefficient (Wildman–Crippen LogP) is 1.66. The Bertz CT molecular complexity index is 365. The maximum absolute atomic E-state index is 5.09. The highest BCUT2D eigenvalue weighted by molar-refractivity contribution is 5.74. The highest BCUT2D eigenvalue weighted by atomic mass is 16.5. The number of methoxy groups -OCH3 is 1. The van der Waals surface area contributed by atoms with Gasteiger partial charge in [0.2, 0.25) is 0 Å². The van der Waals surface area contributed by atoms with E-state index in [1.807, 2.05) is 42.7 Å². The fraction of sp³-hybridized carbons (Fsp3) is 0.0909. The summed E-state index contributed by atoms with van der Waals surface area (Å²) in [4.78, 5) is 0. The number of nitrogens with one attached hydrogen (secondary N) is 2. The standard InChI is InChI=1S/C11H12N2O/c1-14-11-4-2-9(3-5-11)10-6-7-12-13-8-10/h2-8,12-13H,1H3. The van der Waals surface area contributed by atoms with Crippen LogP contribution in [0.25, 0.3) is 5.57 Å². The summed E-state index contributed by atoms with van der Waals surface area (Å²) in [6, 6.07) is 7.96. The molecule has 1 aliphatic heterocycles. The molecule has 0 unspecified atom stereocenters. The van der Waals surface area contributed by atoms with E-state index in [4.69, 9.17) is 4.74 Å². The largest absolute Gasteiger partial charge is 0.497 e. The quantitative estimate of drug-likeness (QED) is 0.740. The minimum Gasteiger partial charge on any atom is -0.497 e. The highest BCUT2D eigenvalue weighted by Gasteiger charge is 2.00. The Morgan fingerprint density at radius 3 is 2.43 bits per heavy atom. The van der Waals surface area contributed by atoms with E-state index in [9.17, 15) is 0 Å². The Balaban J connectivity index is 2.24. The molecular weight excluding hydrogens is 176 g/mol. The van der Waals surface area contributed by atoms with Crippen molar-refractivity contribution in [3.8, 4) is 5.75 Å². The van der Waals surface area contributed by atoms with Crippen molar-refractivity contribution < 1.29 is 4.74 Å². The van der Waals surface area contributed by atoms with Crippen LogP contribution in [0, 0.1) is 0 Å². The van der Waals surface area contributed by atoms with Gasteiger partial charge in [-0.2, -0.15) is 0 Å². The second kappa shape index (κ2) is 3.87. The van der Waals surface area contributed by atoms with E-state index < -0.39 is 0 Å². The first-order valence-electron chi connectivity index (χ1n) is 4.42. The van der Waals surface area contributed by atoms with Crippen molar-refractivity contribution in [2.45, 2.75) is 0 Å². The van der Waals surface area contributed by atoms with Crippen LogP contribution in [0.1, 0.15) is 5.56 Å². The SMILES string of the molecule is COc1ccc(C2=CNNC=C2)cc1. The lowest BCUT2D eigenvalue weighted by Crippen LogP contribution is -2.23. The molecule has 0 bridgehead atoms. The van der Waals surface area contributed by atoms with Gasteiger partial charge in [-0.1, -0.05) is 12.1 Å². The molecule has 2 N–H and O–H groups in total. The van der Waals surface area contributed by atoms with Gasteiger partial charge in [0.1, 0.15) is 5.75 Å². The van der Waals surface area contributed by atoms with Crippen LogP contribution in [0.3, 0.4) is 0 Å². The zero-order valence-corrected chi connectivity index (χ0v) is 7.95. The third kappa shape index (κ3) is 1.71. The first kappa shape index (κ1) is 8.69. The van der Waals surface area contributed by atoms with E-state index >= 15 is 0 Å². The van der Waals surface area contributed by atoms with E-state index in [1.165, 1.54) is 0 Å². The van der Waals surface area contributed by atoms with E-state index in [-0.39, 0.29) is 0 Å². The molecule has 0 spiro atoms. The zero-order chi connectivity index (χ0) is 9.80. The summed E-state index contributed by atoms with van der Waals surface area (Å²) in [6.45, 7) is 0. The number of hydrazine groups is 1. The van der Waals surface area contributed by atoms with Crippen molar-refractivity contribution in [1.29, 1.82) is 0 Å². The molecular formula is C11H12N2O. The van der Waals surface area contributed by atoms with Crippen LogP contribution in [0.4, 0.5) is 0 Å². The molecule has 1 aliphatic rings. The predicted molar refractivity (Wildman–Crippen MR) is 56.4 cm³/mol. The van der Waals surface area contributed by atoms with Gasteiger partial charge >= 0.3 is 0 Å². The maximum atomic E-state index is 5.09. The summed E-state index contributed by atoms with van der Waals surface area (Å²) >= 11 is 0. The normalized spacial score (nSPS) is 13.9. The molecule has 0 saturated heterocycles. The van der Waals surface area contributed by atoms with Crippen molar-refractivity contribution in [3.05, 3.63) is 48.3 Å². The summed E-state index contributed by atoms with van der Waals surface area (Å²) in [5.41, 5.74) is 8.12. The van der Waals surface area contributed by atoms with Crippen molar-refractivity contribution in [2.75, 3.05) is 7.11 Å². The molecule has 0 saturated carbocycles. The smallest absolute Gasteiger partial charge is 0.118 e. The Labute approximate surface area is 83.1 Å². The number of rotatable bonds is 2. The van der Waals surface area contributed by atoms with Gasteiger partial charge in [0.05, 0.1) is 7.11 Å². The van der Waals surface area contributed by atoms with Gasteiger partial charge in [-0.15, -0.1) is 0 Å². The molecule has 1 heterocycles. The lowest BCUT2D eigenvalue weighted by atomic mass is 10.1. The minimum absolute atomic E-state index is 0.875. The van der Waals surface area contributed by atoms with Crippen LogP contribution < -0.4 is 15.6 Å². The lowest BCUT2D eigenvalue weighted by molar-refractivity contribution is 0.415. The Hall–Kier alpha value is -1.90. The van der Waals surface area contributed by atoms with Crippen molar-refractivity contribution in [2.24, 2.45) is 0 Å². The second-order valence-electron chi connectivity index (χ2n) is 2.95. The second-order valence-corrected chi connectivity index (χ2v) is 2.95. The minimum atomic E-state index is 0.875. The number of ether oxygens (including phenoxy) is 1. The summed E-state index contributed by atoms with van der Waals surface area (Å²) < 4.78 is 5.09. The molecule has 14 heavy (non-hydrogen) atoms. The molecule has 0 radical (unpaired) electrons. The Kier molecular flexibility index (Phi) is 2.40. The molecule has 0 aliphatic carbocycles. The van der Waals surface area contributed by atoms with Gasteiger partial charge in [0.25, 0.3) is 0 Å². The van der Waals surface area contributed by atoms with Gasteiger partial charge in [0.15, 0.2) is 0 Å². The molecule has 0 amide bonds. The topological polar surface area (TPSA) is 33.3 Å². The molecule has 72 valence electrons.